The van der Waals surface area contributed by atoms with Gasteiger partial charge in [-0.05, 0) is 68.9 Å². The fourth-order valence-electron chi connectivity index (χ4n) is 8.02. The number of carbonyl (C=O) groups excluding carboxylic acids is 3. The Hall–Kier alpha value is -3.57. The van der Waals surface area contributed by atoms with E-state index in [1.807, 2.05) is 13.8 Å². The van der Waals surface area contributed by atoms with Crippen molar-refractivity contribution in [3.05, 3.63) is 23.9 Å². The highest BCUT2D eigenvalue weighted by Crippen LogP contribution is 2.44. The molecule has 256 valence electrons. The second-order valence-electron chi connectivity index (χ2n) is 14.2. The number of ketones is 1. The van der Waals surface area contributed by atoms with Crippen molar-refractivity contribution in [3.8, 4) is 11.6 Å². The summed E-state index contributed by atoms with van der Waals surface area (Å²) in [5, 5.41) is 2.93. The van der Waals surface area contributed by atoms with Crippen molar-refractivity contribution in [2.45, 2.75) is 122 Å². The van der Waals surface area contributed by atoms with Crippen LogP contribution in [0, 0.1) is 17.3 Å². The quantitative estimate of drug-likeness (QED) is 0.406. The number of aromatic nitrogens is 2. The van der Waals surface area contributed by atoms with Crippen LogP contribution in [0.25, 0.3) is 11.0 Å². The smallest absolute Gasteiger partial charge is 0.408 e. The van der Waals surface area contributed by atoms with Gasteiger partial charge in [-0.1, -0.05) is 39.5 Å². The monoisotopic (exact) mass is 656 g/mol. The van der Waals surface area contributed by atoms with Gasteiger partial charge in [0.2, 0.25) is 11.8 Å². The van der Waals surface area contributed by atoms with Gasteiger partial charge in [0.15, 0.2) is 11.5 Å². The highest BCUT2D eigenvalue weighted by Gasteiger charge is 2.53. The molecule has 1 saturated heterocycles. The zero-order valence-corrected chi connectivity index (χ0v) is 27.7. The first-order valence-corrected chi connectivity index (χ1v) is 17.1. The van der Waals surface area contributed by atoms with Crippen LogP contribution in [-0.4, -0.2) is 70.6 Å². The molecule has 2 aliphatic heterocycles. The molecule has 1 aromatic heterocycles. The zero-order valence-electron chi connectivity index (χ0n) is 27.7. The maximum atomic E-state index is 16.0. The molecular weight excluding hydrogens is 610 g/mol. The number of fused-ring (bicyclic) bond motifs is 5. The molecular formula is C35H46F2N4O6. The third kappa shape index (κ3) is 6.74. The van der Waals surface area contributed by atoms with Crippen LogP contribution in [0.1, 0.15) is 97.1 Å². The van der Waals surface area contributed by atoms with Crippen molar-refractivity contribution in [2.75, 3.05) is 13.7 Å². The number of hydrogen-bond acceptors (Lipinski definition) is 8. The van der Waals surface area contributed by atoms with Crippen LogP contribution < -0.4 is 14.8 Å². The van der Waals surface area contributed by atoms with Gasteiger partial charge in [0.05, 0.1) is 30.7 Å². The number of amides is 2. The van der Waals surface area contributed by atoms with Gasteiger partial charge in [-0.3, -0.25) is 9.59 Å². The van der Waals surface area contributed by atoms with Crippen LogP contribution >= 0.6 is 0 Å². The summed E-state index contributed by atoms with van der Waals surface area (Å²) in [6.45, 7) is 5.30. The third-order valence-electron chi connectivity index (χ3n) is 10.8. The predicted molar refractivity (Wildman–Crippen MR) is 169 cm³/mol. The molecule has 6 rings (SSSR count). The minimum atomic E-state index is -3.35. The Labute approximate surface area is 274 Å². The number of rotatable bonds is 4. The number of halogens is 2. The summed E-state index contributed by atoms with van der Waals surface area (Å²) in [6.07, 6.45) is 4.65. The van der Waals surface area contributed by atoms with E-state index < -0.39 is 53.7 Å². The van der Waals surface area contributed by atoms with Crippen LogP contribution in [0.3, 0.4) is 0 Å². The fraction of sp³-hybridized carbons (Fsp3) is 0.686. The number of Topliss-reactive ketones (excluding diaryl/α,β-unsaturated/α-hetero) is 1. The molecule has 2 aliphatic carbocycles. The van der Waals surface area contributed by atoms with E-state index in [1.54, 1.807) is 18.2 Å². The lowest BCUT2D eigenvalue weighted by Crippen LogP contribution is -2.59. The molecule has 2 saturated carbocycles. The van der Waals surface area contributed by atoms with Gasteiger partial charge < -0.3 is 24.4 Å². The molecule has 3 fully saturated rings. The summed E-state index contributed by atoms with van der Waals surface area (Å²) in [6, 6.07) is 3.06. The molecule has 1 aromatic carbocycles. The Morgan fingerprint density at radius 1 is 1.04 bits per heavy atom. The average Bonchev–Trinajstić information content (AvgIpc) is 3.67. The van der Waals surface area contributed by atoms with E-state index in [0.717, 1.165) is 32.1 Å². The average molecular weight is 657 g/mol. The standard InChI is InChI=1S/C35H46F2N4O6/c1-5-23-27-19-41(28(23)20(2)42)32(43)30(34(3)14-8-6-9-15-34)40-33(44)47-26-17-21(26)11-7-10-16-35(36,37)29-31(46-27)39-25-18-22(45-4)12-13-24(25)38-29/h12-13,18,21,23,26-28,30H,5-11,14-17,19H2,1-4H3,(H,40,44)/t21-,23-,26-,27+,28-,30-/m1/s1. The zero-order chi connectivity index (χ0) is 33.5. The van der Waals surface area contributed by atoms with Gasteiger partial charge in [0.25, 0.3) is 5.92 Å². The van der Waals surface area contributed by atoms with E-state index >= 15 is 8.78 Å². The first-order valence-electron chi connectivity index (χ1n) is 17.1. The van der Waals surface area contributed by atoms with E-state index in [9.17, 15) is 14.4 Å². The number of nitrogens with zero attached hydrogens (tertiary/aromatic N) is 3. The molecule has 1 N–H and O–H groups in total. The number of alkyl carbamates (subject to hydrolysis) is 1. The minimum Gasteiger partial charge on any atom is -0.497 e. The van der Waals surface area contributed by atoms with E-state index in [1.165, 1.54) is 18.9 Å². The third-order valence-corrected chi connectivity index (χ3v) is 10.8. The maximum absolute atomic E-state index is 16.0. The SMILES string of the molecule is CC[C@@H]1[C@@H]2CN(C(=O)[C@H](C3(C)CCCCC3)NC(=O)O[C@@H]3C[C@H]3CCCCC(F)(F)c3nc4ccc(OC)cc4nc3O2)[C@@H]1C(C)=O. The Morgan fingerprint density at radius 2 is 1.79 bits per heavy atom. The fourth-order valence-corrected chi connectivity index (χ4v) is 8.02. The molecule has 10 nitrogen and oxygen atoms in total. The second-order valence-corrected chi connectivity index (χ2v) is 14.2. The van der Waals surface area contributed by atoms with E-state index in [-0.39, 0.29) is 48.1 Å². The van der Waals surface area contributed by atoms with Crippen LogP contribution in [0.4, 0.5) is 13.6 Å². The van der Waals surface area contributed by atoms with Crippen molar-refractivity contribution >= 4 is 28.8 Å². The maximum Gasteiger partial charge on any atom is 0.408 e. The first kappa shape index (κ1) is 33.3. The Balaban J connectivity index is 1.42. The van der Waals surface area contributed by atoms with Crippen LogP contribution in [0.2, 0.25) is 0 Å². The van der Waals surface area contributed by atoms with Crippen LogP contribution in [-0.2, 0) is 20.2 Å². The van der Waals surface area contributed by atoms with Gasteiger partial charge >= 0.3 is 6.09 Å². The predicted octanol–water partition coefficient (Wildman–Crippen LogP) is 6.33. The summed E-state index contributed by atoms with van der Waals surface area (Å²) in [5.41, 5.74) is -0.485. The summed E-state index contributed by atoms with van der Waals surface area (Å²) in [4.78, 5) is 51.5. The molecule has 0 unspecified atom stereocenters. The highest BCUT2D eigenvalue weighted by atomic mass is 19.3. The number of nitrogens with one attached hydrogen (secondary N) is 1. The normalized spacial score (nSPS) is 30.9. The lowest BCUT2D eigenvalue weighted by molar-refractivity contribution is -0.142. The van der Waals surface area contributed by atoms with Gasteiger partial charge in [0.1, 0.15) is 24.0 Å². The number of benzene rings is 1. The van der Waals surface area contributed by atoms with Crippen molar-refractivity contribution in [3.63, 3.8) is 0 Å². The summed E-state index contributed by atoms with van der Waals surface area (Å²) >= 11 is 0. The molecule has 2 bridgehead atoms. The van der Waals surface area contributed by atoms with Crippen molar-refractivity contribution in [1.29, 1.82) is 0 Å². The number of hydrogen-bond donors (Lipinski definition) is 1. The van der Waals surface area contributed by atoms with E-state index in [4.69, 9.17) is 14.2 Å². The van der Waals surface area contributed by atoms with Gasteiger partial charge in [-0.2, -0.15) is 8.78 Å². The topological polar surface area (TPSA) is 120 Å². The van der Waals surface area contributed by atoms with Gasteiger partial charge in [-0.25, -0.2) is 14.8 Å². The molecule has 2 amide bonds. The van der Waals surface area contributed by atoms with Gasteiger partial charge in [-0.15, -0.1) is 0 Å². The summed E-state index contributed by atoms with van der Waals surface area (Å²) in [5.74, 6) is -4.20. The van der Waals surface area contributed by atoms with Crippen molar-refractivity contribution in [2.24, 2.45) is 17.3 Å². The molecule has 47 heavy (non-hydrogen) atoms. The second kappa shape index (κ2) is 13.1. The summed E-state index contributed by atoms with van der Waals surface area (Å²) < 4.78 is 49.5. The van der Waals surface area contributed by atoms with E-state index in [0.29, 0.717) is 36.9 Å². The van der Waals surface area contributed by atoms with Crippen LogP contribution in [0.5, 0.6) is 11.6 Å². The number of carbonyl (C=O) groups is 3. The first-order chi connectivity index (χ1) is 22.4. The lowest BCUT2D eigenvalue weighted by Gasteiger charge is -2.42. The summed E-state index contributed by atoms with van der Waals surface area (Å²) in [7, 11) is 1.50. The van der Waals surface area contributed by atoms with Crippen molar-refractivity contribution in [1.82, 2.24) is 20.2 Å². The number of methoxy groups -OCH3 is 1. The van der Waals surface area contributed by atoms with Crippen molar-refractivity contribution < 1.29 is 37.4 Å². The molecule has 0 spiro atoms. The van der Waals surface area contributed by atoms with E-state index in [2.05, 4.69) is 15.3 Å². The Kier molecular flexibility index (Phi) is 9.32. The number of ether oxygens (including phenoxy) is 3. The Bertz CT molecular complexity index is 1510. The molecule has 6 atom stereocenters. The molecule has 0 radical (unpaired) electrons. The molecule has 12 heteroatoms. The minimum absolute atomic E-state index is 0.0293. The Morgan fingerprint density at radius 3 is 2.49 bits per heavy atom. The highest BCUT2D eigenvalue weighted by molar-refractivity contribution is 5.92. The number of alkyl halides is 2. The molecule has 4 aliphatic rings. The van der Waals surface area contributed by atoms with Crippen LogP contribution in [0.15, 0.2) is 18.2 Å². The lowest BCUT2D eigenvalue weighted by atomic mass is 9.70. The molecule has 2 aromatic rings. The molecule has 3 heterocycles. The largest absolute Gasteiger partial charge is 0.497 e. The van der Waals surface area contributed by atoms with Gasteiger partial charge in [0, 0.05) is 18.4 Å².